The average Bonchev–Trinajstić information content (AvgIpc) is 2.24. The van der Waals surface area contributed by atoms with Gasteiger partial charge in [0.05, 0.1) is 11.1 Å². The molecule has 0 aliphatic carbocycles. The maximum Gasteiger partial charge on any atom is 0.250 e. The van der Waals surface area contributed by atoms with Crippen molar-refractivity contribution in [2.75, 3.05) is 25.1 Å². The molecule has 6 heteroatoms. The quantitative estimate of drug-likeness (QED) is 0.808. The van der Waals surface area contributed by atoms with Crippen LogP contribution < -0.4 is 11.1 Å². The Morgan fingerprint density at radius 2 is 2.31 bits per heavy atom. The zero-order valence-corrected chi connectivity index (χ0v) is 10.1. The number of ether oxygens (including phenoxy) is 1. The van der Waals surface area contributed by atoms with E-state index < -0.39 is 5.82 Å². The van der Waals surface area contributed by atoms with E-state index in [0.717, 1.165) is 0 Å². The summed E-state index contributed by atoms with van der Waals surface area (Å²) in [6.45, 7) is 0.594. The summed E-state index contributed by atoms with van der Waals surface area (Å²) in [6.07, 6.45) is 0. The molecule has 0 atom stereocenters. The van der Waals surface area contributed by atoms with Crippen molar-refractivity contribution in [1.82, 2.24) is 0 Å². The predicted octanol–water partition coefficient (Wildman–Crippen LogP) is 1.50. The molecule has 1 aromatic carbocycles. The zero-order valence-electron chi connectivity index (χ0n) is 8.50. The van der Waals surface area contributed by atoms with Gasteiger partial charge < -0.3 is 15.8 Å². The van der Waals surface area contributed by atoms with Crippen LogP contribution in [0.5, 0.6) is 0 Å². The van der Waals surface area contributed by atoms with Crippen LogP contribution in [0.1, 0.15) is 0 Å². The first-order chi connectivity index (χ1) is 7.63. The molecule has 0 heterocycles. The third-order valence-electron chi connectivity index (χ3n) is 1.70. The van der Waals surface area contributed by atoms with Crippen LogP contribution in [0.25, 0.3) is 0 Å². The Balaban J connectivity index is 2.46. The molecule has 0 aromatic heterocycles. The summed E-state index contributed by atoms with van der Waals surface area (Å²) in [6, 6.07) is 4.34. The summed E-state index contributed by atoms with van der Waals surface area (Å²) in [5.41, 5.74) is 5.58. The Morgan fingerprint density at radius 3 is 2.94 bits per heavy atom. The van der Waals surface area contributed by atoms with Gasteiger partial charge in [-0.3, -0.25) is 4.79 Å². The summed E-state index contributed by atoms with van der Waals surface area (Å²) in [5, 5.41) is 2.50. The van der Waals surface area contributed by atoms with Crippen molar-refractivity contribution in [3.05, 3.63) is 28.5 Å². The molecule has 88 valence electrons. The SMILES string of the molecule is NCCOCC(=O)Nc1ccc(Br)c(F)c1. The third kappa shape index (κ3) is 4.26. The van der Waals surface area contributed by atoms with Crippen LogP contribution in [0, 0.1) is 5.82 Å². The molecule has 0 aliphatic heterocycles. The summed E-state index contributed by atoms with van der Waals surface area (Å²) < 4.78 is 18.4. The van der Waals surface area contributed by atoms with Gasteiger partial charge in [-0.05, 0) is 34.1 Å². The van der Waals surface area contributed by atoms with Crippen LogP contribution in [0.3, 0.4) is 0 Å². The van der Waals surface area contributed by atoms with Crippen molar-refractivity contribution in [2.24, 2.45) is 5.73 Å². The molecule has 0 aliphatic rings. The van der Waals surface area contributed by atoms with Gasteiger partial charge in [-0.2, -0.15) is 0 Å². The largest absolute Gasteiger partial charge is 0.370 e. The molecule has 0 unspecified atom stereocenters. The number of nitrogens with two attached hydrogens (primary N) is 1. The van der Waals surface area contributed by atoms with E-state index in [1.807, 2.05) is 0 Å². The highest BCUT2D eigenvalue weighted by Crippen LogP contribution is 2.19. The average molecular weight is 291 g/mol. The van der Waals surface area contributed by atoms with Crippen molar-refractivity contribution in [3.8, 4) is 0 Å². The predicted molar refractivity (Wildman–Crippen MR) is 62.6 cm³/mol. The van der Waals surface area contributed by atoms with E-state index in [1.165, 1.54) is 12.1 Å². The third-order valence-corrected chi connectivity index (χ3v) is 2.34. The lowest BCUT2D eigenvalue weighted by Gasteiger charge is -2.06. The van der Waals surface area contributed by atoms with E-state index in [4.69, 9.17) is 10.5 Å². The maximum absolute atomic E-state index is 13.1. The second-order valence-electron chi connectivity index (χ2n) is 3.02. The van der Waals surface area contributed by atoms with Crippen LogP contribution in [-0.4, -0.2) is 25.7 Å². The number of hydrogen-bond acceptors (Lipinski definition) is 3. The van der Waals surface area contributed by atoms with E-state index in [2.05, 4.69) is 21.2 Å². The monoisotopic (exact) mass is 290 g/mol. The van der Waals surface area contributed by atoms with Gasteiger partial charge in [-0.15, -0.1) is 0 Å². The minimum atomic E-state index is -0.430. The number of hydrogen-bond donors (Lipinski definition) is 2. The Morgan fingerprint density at radius 1 is 1.56 bits per heavy atom. The highest BCUT2D eigenvalue weighted by Gasteiger charge is 2.04. The Hall–Kier alpha value is -0.980. The van der Waals surface area contributed by atoms with E-state index >= 15 is 0 Å². The molecule has 0 fully saturated rings. The number of anilines is 1. The molecule has 4 nitrogen and oxygen atoms in total. The topological polar surface area (TPSA) is 64.3 Å². The fourth-order valence-corrected chi connectivity index (χ4v) is 1.27. The second-order valence-corrected chi connectivity index (χ2v) is 3.87. The number of benzene rings is 1. The number of rotatable bonds is 5. The molecular weight excluding hydrogens is 279 g/mol. The Labute approximate surface area is 101 Å². The summed E-state index contributed by atoms with van der Waals surface area (Å²) in [4.78, 5) is 11.3. The highest BCUT2D eigenvalue weighted by atomic mass is 79.9. The van der Waals surface area contributed by atoms with Gasteiger partial charge in [0.15, 0.2) is 0 Å². The lowest BCUT2D eigenvalue weighted by molar-refractivity contribution is -0.120. The van der Waals surface area contributed by atoms with Gasteiger partial charge >= 0.3 is 0 Å². The molecule has 16 heavy (non-hydrogen) atoms. The first-order valence-electron chi connectivity index (χ1n) is 4.66. The summed E-state index contributed by atoms with van der Waals surface area (Å²) in [5.74, 6) is -0.768. The summed E-state index contributed by atoms with van der Waals surface area (Å²) in [7, 11) is 0. The molecule has 3 N–H and O–H groups in total. The number of amides is 1. The smallest absolute Gasteiger partial charge is 0.250 e. The van der Waals surface area contributed by atoms with Crippen LogP contribution in [0.4, 0.5) is 10.1 Å². The first kappa shape index (κ1) is 13.1. The first-order valence-corrected chi connectivity index (χ1v) is 5.45. The lowest BCUT2D eigenvalue weighted by atomic mass is 10.3. The minimum absolute atomic E-state index is 0.0884. The lowest BCUT2D eigenvalue weighted by Crippen LogP contribution is -2.20. The van der Waals surface area contributed by atoms with Gasteiger partial charge in [-0.1, -0.05) is 0 Å². The van der Waals surface area contributed by atoms with Gasteiger partial charge in [0, 0.05) is 12.2 Å². The van der Waals surface area contributed by atoms with Crippen molar-refractivity contribution in [2.45, 2.75) is 0 Å². The van der Waals surface area contributed by atoms with Crippen molar-refractivity contribution >= 4 is 27.5 Å². The van der Waals surface area contributed by atoms with Gasteiger partial charge in [0.2, 0.25) is 5.91 Å². The van der Waals surface area contributed by atoms with Crippen molar-refractivity contribution < 1.29 is 13.9 Å². The molecule has 0 bridgehead atoms. The van der Waals surface area contributed by atoms with Crippen LogP contribution in [0.2, 0.25) is 0 Å². The minimum Gasteiger partial charge on any atom is -0.370 e. The second kappa shape index (κ2) is 6.57. The van der Waals surface area contributed by atoms with Crippen molar-refractivity contribution in [1.29, 1.82) is 0 Å². The Bertz CT molecular complexity index is 374. The normalized spacial score (nSPS) is 10.2. The molecule has 0 saturated heterocycles. The number of carbonyl (C=O) groups is 1. The standard InChI is InChI=1S/C10H12BrFN2O2/c11-8-2-1-7(5-9(8)12)14-10(15)6-16-4-3-13/h1-2,5H,3-4,6,13H2,(H,14,15). The maximum atomic E-state index is 13.1. The van der Waals surface area contributed by atoms with E-state index in [9.17, 15) is 9.18 Å². The van der Waals surface area contributed by atoms with Crippen LogP contribution >= 0.6 is 15.9 Å². The fourth-order valence-electron chi connectivity index (χ4n) is 1.02. The number of nitrogens with one attached hydrogen (secondary N) is 1. The van der Waals surface area contributed by atoms with E-state index in [1.54, 1.807) is 6.07 Å². The zero-order chi connectivity index (χ0) is 12.0. The molecule has 0 spiro atoms. The molecule has 0 radical (unpaired) electrons. The number of carbonyl (C=O) groups excluding carboxylic acids is 1. The van der Waals surface area contributed by atoms with Crippen LogP contribution in [-0.2, 0) is 9.53 Å². The van der Waals surface area contributed by atoms with Gasteiger partial charge in [-0.25, -0.2) is 4.39 Å². The Kier molecular flexibility index (Phi) is 5.37. The van der Waals surface area contributed by atoms with Crippen molar-refractivity contribution in [3.63, 3.8) is 0 Å². The van der Waals surface area contributed by atoms with E-state index in [-0.39, 0.29) is 12.5 Å². The molecule has 1 rings (SSSR count). The number of halogens is 2. The molecule has 1 amide bonds. The highest BCUT2D eigenvalue weighted by molar-refractivity contribution is 9.10. The van der Waals surface area contributed by atoms with Gasteiger partial charge in [0.1, 0.15) is 12.4 Å². The van der Waals surface area contributed by atoms with Crippen LogP contribution in [0.15, 0.2) is 22.7 Å². The fraction of sp³-hybridized carbons (Fsp3) is 0.300. The van der Waals surface area contributed by atoms with E-state index in [0.29, 0.717) is 23.3 Å². The molecule has 0 saturated carbocycles. The summed E-state index contributed by atoms with van der Waals surface area (Å²) >= 11 is 3.02. The molecule has 1 aromatic rings. The van der Waals surface area contributed by atoms with Gasteiger partial charge in [0.25, 0.3) is 0 Å². The molecular formula is C10H12BrFN2O2.